The summed E-state index contributed by atoms with van der Waals surface area (Å²) >= 11 is 9.28. The third-order valence-corrected chi connectivity index (χ3v) is 10.1. The van der Waals surface area contributed by atoms with Crippen LogP contribution in [0.15, 0.2) is 12.1 Å². The molecule has 0 aromatic heterocycles. The molecule has 2 heteroatoms. The fraction of sp³-hybridized carbons (Fsp3) is 0.850. The van der Waals surface area contributed by atoms with Crippen molar-refractivity contribution < 1.29 is 0 Å². The minimum absolute atomic E-state index is 0.834. The van der Waals surface area contributed by atoms with Crippen LogP contribution in [0.4, 0.5) is 0 Å². The van der Waals surface area contributed by atoms with Crippen molar-refractivity contribution in [1.29, 1.82) is 0 Å². The zero-order valence-corrected chi connectivity index (χ0v) is 30.5. The summed E-state index contributed by atoms with van der Waals surface area (Å²) < 4.78 is 0. The zero-order chi connectivity index (χ0) is 30.4. The van der Waals surface area contributed by atoms with Crippen LogP contribution in [0, 0.1) is 0 Å². The fourth-order valence-electron chi connectivity index (χ4n) is 6.57. The number of benzene rings is 1. The molecule has 0 atom stereocenters. The molecule has 0 aliphatic rings. The predicted molar refractivity (Wildman–Crippen MR) is 200 cm³/mol. The van der Waals surface area contributed by atoms with Crippen molar-refractivity contribution in [2.24, 2.45) is 0 Å². The Bertz CT molecular complexity index is 638. The number of hydrogen-bond acceptors (Lipinski definition) is 2. The second kappa shape index (κ2) is 30.9. The van der Waals surface area contributed by atoms with Crippen LogP contribution in [0.1, 0.15) is 216 Å². The quantitative estimate of drug-likeness (QED) is 0.0582. The van der Waals surface area contributed by atoms with Gasteiger partial charge in [-0.1, -0.05) is 193 Å². The molecule has 0 amide bonds. The van der Waals surface area contributed by atoms with Crippen molar-refractivity contribution in [3.05, 3.63) is 34.4 Å². The molecular weight excluding hydrogens is 545 g/mol. The molecule has 1 aromatic carbocycles. The molecule has 1 aromatic rings. The van der Waals surface area contributed by atoms with Gasteiger partial charge in [-0.15, -0.1) is 0 Å². The lowest BCUT2D eigenvalue weighted by molar-refractivity contribution is 0.534. The van der Waals surface area contributed by atoms with E-state index < -0.39 is 0 Å². The molecule has 0 spiro atoms. The number of unbranched alkanes of at least 4 members (excludes halogenated alkanes) is 26. The lowest BCUT2D eigenvalue weighted by atomic mass is 9.92. The van der Waals surface area contributed by atoms with Gasteiger partial charge in [-0.05, 0) is 47.9 Å². The summed E-state index contributed by atoms with van der Waals surface area (Å²) in [6.45, 7) is 4.61. The lowest BCUT2D eigenvalue weighted by Gasteiger charge is -2.15. The van der Waals surface area contributed by atoms with Crippen LogP contribution in [0.5, 0.6) is 0 Å². The minimum Gasteiger partial charge on any atom is -0.175 e. The Kier molecular flexibility index (Phi) is 29.4. The molecule has 0 nitrogen and oxygen atoms in total. The molecule has 246 valence electrons. The molecule has 42 heavy (non-hydrogen) atoms. The normalized spacial score (nSPS) is 11.5. The van der Waals surface area contributed by atoms with Gasteiger partial charge < -0.3 is 0 Å². The molecule has 0 unspecified atom stereocenters. The fourth-order valence-corrected chi connectivity index (χ4v) is 7.16. The van der Waals surface area contributed by atoms with Crippen LogP contribution in [0.2, 0.25) is 0 Å². The predicted octanol–water partition coefficient (Wildman–Crippen LogP) is 14.6. The number of rotatable bonds is 32. The number of aryl methyl sites for hydroxylation is 2. The maximum absolute atomic E-state index is 4.64. The first kappa shape index (κ1) is 39.9. The van der Waals surface area contributed by atoms with Gasteiger partial charge in [0.15, 0.2) is 0 Å². The summed E-state index contributed by atoms with van der Waals surface area (Å²) in [4.78, 5) is 0. The Labute approximate surface area is 276 Å². The molecule has 0 bridgehead atoms. The maximum atomic E-state index is 4.64. The summed E-state index contributed by atoms with van der Waals surface area (Å²) in [5.74, 6) is 1.67. The van der Waals surface area contributed by atoms with E-state index in [1.807, 2.05) is 0 Å². The molecular formula is C40H74S2. The highest BCUT2D eigenvalue weighted by Gasteiger charge is 2.09. The average molecular weight is 619 g/mol. The lowest BCUT2D eigenvalue weighted by Crippen LogP contribution is -2.01. The van der Waals surface area contributed by atoms with Gasteiger partial charge in [-0.25, -0.2) is 0 Å². The van der Waals surface area contributed by atoms with Gasteiger partial charge in [0.1, 0.15) is 0 Å². The van der Waals surface area contributed by atoms with Crippen molar-refractivity contribution in [1.82, 2.24) is 0 Å². The third-order valence-electron chi connectivity index (χ3n) is 9.46. The Morgan fingerprint density at radius 1 is 0.310 bits per heavy atom. The highest BCUT2D eigenvalue weighted by Crippen LogP contribution is 2.25. The summed E-state index contributed by atoms with van der Waals surface area (Å²) in [7, 11) is 0. The van der Waals surface area contributed by atoms with Gasteiger partial charge in [-0.2, -0.15) is 25.3 Å². The molecule has 0 fully saturated rings. The molecule has 0 aliphatic carbocycles. The van der Waals surface area contributed by atoms with Crippen molar-refractivity contribution in [2.75, 3.05) is 0 Å². The van der Waals surface area contributed by atoms with Crippen LogP contribution in [0.3, 0.4) is 0 Å². The maximum Gasteiger partial charge on any atom is 0.0157 e. The van der Waals surface area contributed by atoms with E-state index in [9.17, 15) is 0 Å². The van der Waals surface area contributed by atoms with Gasteiger partial charge in [0.25, 0.3) is 0 Å². The first-order valence-corrected chi connectivity index (χ1v) is 20.4. The second-order valence-electron chi connectivity index (χ2n) is 13.4. The smallest absolute Gasteiger partial charge is 0.0157 e. The van der Waals surface area contributed by atoms with Gasteiger partial charge in [-0.3, -0.25) is 0 Å². The largest absolute Gasteiger partial charge is 0.175 e. The molecule has 0 aliphatic heterocycles. The average Bonchev–Trinajstić information content (AvgIpc) is 3.01. The molecule has 0 heterocycles. The monoisotopic (exact) mass is 619 g/mol. The van der Waals surface area contributed by atoms with Crippen LogP contribution >= 0.6 is 25.3 Å². The molecule has 0 N–H and O–H groups in total. The summed E-state index contributed by atoms with van der Waals surface area (Å²) in [5, 5.41) is 0. The van der Waals surface area contributed by atoms with E-state index in [2.05, 4.69) is 51.2 Å². The van der Waals surface area contributed by atoms with Crippen LogP contribution in [0.25, 0.3) is 0 Å². The standard InChI is InChI=1S/C40H74S2/c1-3-5-7-9-11-13-15-17-19-21-23-25-27-29-31-37-33-39(35-41)40(36-42)34-38(37)32-30-28-26-24-22-20-18-16-14-12-10-8-6-4-2/h33-34,41-42H,3-32,35-36H2,1-2H3. The summed E-state index contributed by atoms with van der Waals surface area (Å²) in [5.41, 5.74) is 6.02. The van der Waals surface area contributed by atoms with E-state index in [-0.39, 0.29) is 0 Å². The second-order valence-corrected chi connectivity index (χ2v) is 14.0. The van der Waals surface area contributed by atoms with Crippen molar-refractivity contribution >= 4 is 25.3 Å². The molecule has 0 saturated heterocycles. The van der Waals surface area contributed by atoms with Crippen molar-refractivity contribution in [3.8, 4) is 0 Å². The van der Waals surface area contributed by atoms with E-state index in [0.717, 1.165) is 11.5 Å². The molecule has 0 radical (unpaired) electrons. The Balaban J connectivity index is 2.18. The van der Waals surface area contributed by atoms with Gasteiger partial charge in [0.05, 0.1) is 0 Å². The topological polar surface area (TPSA) is 0 Å². The van der Waals surface area contributed by atoms with Crippen LogP contribution in [-0.4, -0.2) is 0 Å². The van der Waals surface area contributed by atoms with Crippen molar-refractivity contribution in [3.63, 3.8) is 0 Å². The van der Waals surface area contributed by atoms with E-state index in [0.29, 0.717) is 0 Å². The SMILES string of the molecule is CCCCCCCCCCCCCCCCc1cc(CS)c(CS)cc1CCCCCCCCCCCCCCCC. The van der Waals surface area contributed by atoms with Gasteiger partial charge in [0, 0.05) is 11.5 Å². The Morgan fingerprint density at radius 3 is 0.738 bits per heavy atom. The van der Waals surface area contributed by atoms with Crippen LogP contribution in [-0.2, 0) is 24.3 Å². The van der Waals surface area contributed by atoms with Gasteiger partial charge >= 0.3 is 0 Å². The van der Waals surface area contributed by atoms with Gasteiger partial charge in [0.2, 0.25) is 0 Å². The number of thiol groups is 2. The minimum atomic E-state index is 0.834. The highest BCUT2D eigenvalue weighted by atomic mass is 32.1. The summed E-state index contributed by atoms with van der Waals surface area (Å²) in [6.07, 6.45) is 42.6. The Morgan fingerprint density at radius 2 is 0.524 bits per heavy atom. The van der Waals surface area contributed by atoms with E-state index >= 15 is 0 Å². The van der Waals surface area contributed by atoms with E-state index in [4.69, 9.17) is 0 Å². The number of hydrogen-bond donors (Lipinski definition) is 2. The summed E-state index contributed by atoms with van der Waals surface area (Å²) in [6, 6.07) is 4.97. The molecule has 1 rings (SSSR count). The van der Waals surface area contributed by atoms with Crippen LogP contribution < -0.4 is 0 Å². The molecule has 0 saturated carbocycles. The highest BCUT2D eigenvalue weighted by molar-refractivity contribution is 7.79. The van der Waals surface area contributed by atoms with E-state index in [1.165, 1.54) is 204 Å². The zero-order valence-electron chi connectivity index (χ0n) is 28.7. The first-order valence-electron chi connectivity index (χ1n) is 19.1. The Hall–Kier alpha value is -0.0800. The third kappa shape index (κ3) is 22.4. The van der Waals surface area contributed by atoms with E-state index in [1.54, 1.807) is 11.1 Å². The first-order chi connectivity index (χ1) is 20.8. The van der Waals surface area contributed by atoms with Crippen molar-refractivity contribution in [2.45, 2.75) is 218 Å².